The Labute approximate surface area is 272 Å². The predicted molar refractivity (Wildman–Crippen MR) is 157 cm³/mol. The summed E-state index contributed by atoms with van der Waals surface area (Å²) in [6.07, 6.45) is -1.75. The van der Waals surface area contributed by atoms with E-state index in [-0.39, 0.29) is 28.6 Å². The molecule has 2 aliphatic heterocycles. The van der Waals surface area contributed by atoms with Crippen molar-refractivity contribution in [1.82, 2.24) is 4.90 Å². The van der Waals surface area contributed by atoms with Crippen LogP contribution in [0.4, 0.5) is 4.79 Å². The van der Waals surface area contributed by atoms with Crippen molar-refractivity contribution in [1.29, 1.82) is 0 Å². The second-order valence-electron chi connectivity index (χ2n) is 11.1. The highest BCUT2D eigenvalue weighted by Crippen LogP contribution is 2.60. The fourth-order valence-electron chi connectivity index (χ4n) is 6.19. The number of hydrogen-bond acceptors (Lipinski definition) is 13. The van der Waals surface area contributed by atoms with Gasteiger partial charge in [0, 0.05) is 31.7 Å². The number of methoxy groups -OCH3 is 2. The fourth-order valence-corrected chi connectivity index (χ4v) is 6.30. The Kier molecular flexibility index (Phi) is 8.70. The molecule has 0 unspecified atom stereocenters. The van der Waals surface area contributed by atoms with E-state index in [0.717, 1.165) is 7.11 Å². The molecule has 2 heterocycles. The molecule has 0 aromatic heterocycles. The van der Waals surface area contributed by atoms with Crippen LogP contribution in [-0.2, 0) is 44.6 Å². The Hall–Kier alpha value is -3.98. The van der Waals surface area contributed by atoms with Crippen LogP contribution in [0.5, 0.6) is 11.5 Å². The summed E-state index contributed by atoms with van der Waals surface area (Å²) in [5, 5.41) is 0.351. The summed E-state index contributed by atoms with van der Waals surface area (Å²) in [5.41, 5.74) is -5.79. The van der Waals surface area contributed by atoms with Crippen LogP contribution in [0.25, 0.3) is 10.8 Å². The molecule has 14 nitrogen and oxygen atoms in total. The highest BCUT2D eigenvalue weighted by Gasteiger charge is 2.87. The molecule has 246 valence electrons. The lowest BCUT2D eigenvalue weighted by atomic mass is 9.65. The molecule has 2 aromatic rings. The maximum Gasteiger partial charge on any atom is 0.410 e. The molecule has 3 aliphatic rings. The summed E-state index contributed by atoms with van der Waals surface area (Å²) in [6.45, 7) is 2.48. The van der Waals surface area contributed by atoms with Crippen molar-refractivity contribution in [2.24, 2.45) is 0 Å². The number of alkyl halides is 2. The molecule has 0 radical (unpaired) electrons. The number of benzene rings is 2. The highest BCUT2D eigenvalue weighted by molar-refractivity contribution is 6.30. The van der Waals surface area contributed by atoms with E-state index >= 15 is 0 Å². The first-order valence-electron chi connectivity index (χ1n) is 13.9. The van der Waals surface area contributed by atoms with Gasteiger partial charge in [0.1, 0.15) is 30.5 Å². The van der Waals surface area contributed by atoms with Crippen molar-refractivity contribution in [2.45, 2.75) is 49.9 Å². The van der Waals surface area contributed by atoms with E-state index in [2.05, 4.69) is 0 Å². The molecule has 3 atom stereocenters. The predicted octanol–water partition coefficient (Wildman–Crippen LogP) is 2.93. The number of fused-ring (bicyclic) bond motifs is 2. The van der Waals surface area contributed by atoms with Gasteiger partial charge in [0.25, 0.3) is 5.60 Å². The van der Waals surface area contributed by atoms with Gasteiger partial charge < -0.3 is 38.1 Å². The highest BCUT2D eigenvalue weighted by atomic mass is 35.5. The monoisotopic (exact) mass is 681 g/mol. The summed E-state index contributed by atoms with van der Waals surface area (Å²) >= 11 is 11.5. The van der Waals surface area contributed by atoms with Crippen LogP contribution in [0.3, 0.4) is 0 Å². The number of Topliss-reactive ketones (excluding diaryl/α,β-unsaturated/α-hetero) is 2. The van der Waals surface area contributed by atoms with E-state index in [0.29, 0.717) is 5.56 Å². The van der Waals surface area contributed by atoms with Gasteiger partial charge in [0.15, 0.2) is 5.75 Å². The van der Waals surface area contributed by atoms with Gasteiger partial charge in [-0.1, -0.05) is 0 Å². The molecule has 0 bridgehead atoms. The Morgan fingerprint density at radius 3 is 2.33 bits per heavy atom. The number of ketones is 2. The Bertz CT molecular complexity index is 1690. The molecule has 2 saturated heterocycles. The van der Waals surface area contributed by atoms with E-state index in [9.17, 15) is 28.8 Å². The largest absolute Gasteiger partial charge is 0.497 e. The number of carbonyl (C=O) groups is 6. The summed E-state index contributed by atoms with van der Waals surface area (Å²) < 4.78 is 39.0. The zero-order valence-corrected chi connectivity index (χ0v) is 26.9. The Morgan fingerprint density at radius 1 is 1.02 bits per heavy atom. The van der Waals surface area contributed by atoms with Crippen LogP contribution in [-0.4, -0.2) is 103 Å². The lowest BCUT2D eigenvalue weighted by Crippen LogP contribution is -2.72. The number of esters is 3. The molecule has 16 heteroatoms. The van der Waals surface area contributed by atoms with Crippen molar-refractivity contribution in [3.05, 3.63) is 34.9 Å². The van der Waals surface area contributed by atoms with Crippen molar-refractivity contribution >= 4 is 69.5 Å². The molecule has 46 heavy (non-hydrogen) atoms. The van der Waals surface area contributed by atoms with Crippen LogP contribution in [0, 0.1) is 0 Å². The SMILES string of the molecule is COc1cc(CN(C)C(=O)OC(C)C)c2c(OC(=O)CCl)c3c(cc2c1)C(=O)[C@]1(OC(=O)CCl)CO[C@@]2(OC)CC(=O)O[C@]21C3=O. The van der Waals surface area contributed by atoms with Crippen molar-refractivity contribution in [3.63, 3.8) is 0 Å². The zero-order valence-electron chi connectivity index (χ0n) is 25.4. The Morgan fingerprint density at radius 2 is 1.72 bits per heavy atom. The fraction of sp³-hybridized carbons (Fsp3) is 0.467. The number of halogens is 2. The second-order valence-corrected chi connectivity index (χ2v) is 11.6. The molecule has 0 N–H and O–H groups in total. The summed E-state index contributed by atoms with van der Waals surface area (Å²) in [5.74, 6) is -8.95. The van der Waals surface area contributed by atoms with Crippen LogP contribution in [0.15, 0.2) is 18.2 Å². The van der Waals surface area contributed by atoms with Crippen molar-refractivity contribution < 1.29 is 61.9 Å². The summed E-state index contributed by atoms with van der Waals surface area (Å²) in [4.78, 5) is 81.8. The smallest absolute Gasteiger partial charge is 0.410 e. The number of amides is 1. The molecule has 2 aromatic carbocycles. The lowest BCUT2D eigenvalue weighted by Gasteiger charge is -2.45. The van der Waals surface area contributed by atoms with Crippen LogP contribution in [0.2, 0.25) is 0 Å². The maximum atomic E-state index is 14.9. The zero-order chi connectivity index (χ0) is 33.8. The van der Waals surface area contributed by atoms with Gasteiger partial charge in [-0.25, -0.2) is 4.79 Å². The molecular weight excluding hydrogens is 653 g/mol. The first-order chi connectivity index (χ1) is 21.7. The number of nitrogens with zero attached hydrogens (tertiary/aromatic N) is 1. The maximum absolute atomic E-state index is 14.9. The minimum atomic E-state index is -2.70. The molecule has 2 fully saturated rings. The van der Waals surface area contributed by atoms with Crippen LogP contribution >= 0.6 is 23.2 Å². The van der Waals surface area contributed by atoms with E-state index in [1.54, 1.807) is 19.9 Å². The van der Waals surface area contributed by atoms with Gasteiger partial charge in [-0.15, -0.1) is 23.2 Å². The summed E-state index contributed by atoms with van der Waals surface area (Å²) in [6, 6.07) is 4.36. The lowest BCUT2D eigenvalue weighted by molar-refractivity contribution is -0.233. The molecule has 0 saturated carbocycles. The standard InChI is InChI=1S/C30H29Cl2NO13/c1-14(2)43-27(39)33(3)12-16-7-17(40-4)6-15-8-18-23(24(22(15)16)44-20(35)10-31)26(38)30-28(25(18)37,45-21(36)11-32)13-42-29(30,41-5)9-19(34)46-30/h6-8,14H,9-13H2,1-5H3/t28-,29+,30+/m1/s1. The first kappa shape index (κ1) is 33.4. The second kappa shape index (κ2) is 12.0. The quantitative estimate of drug-likeness (QED) is 0.164. The van der Waals surface area contributed by atoms with E-state index < -0.39 is 94.8 Å². The number of rotatable bonds is 9. The third-order valence-corrected chi connectivity index (χ3v) is 8.44. The van der Waals surface area contributed by atoms with Crippen LogP contribution < -0.4 is 9.47 Å². The number of carbonyl (C=O) groups excluding carboxylic acids is 6. The van der Waals surface area contributed by atoms with Gasteiger partial charge in [0.2, 0.25) is 23.0 Å². The topological polar surface area (TPSA) is 170 Å². The van der Waals surface area contributed by atoms with Gasteiger partial charge >= 0.3 is 24.0 Å². The summed E-state index contributed by atoms with van der Waals surface area (Å²) in [7, 11) is 3.98. The average molecular weight is 682 g/mol. The third kappa shape index (κ3) is 4.77. The van der Waals surface area contributed by atoms with Gasteiger partial charge in [-0.2, -0.15) is 0 Å². The van der Waals surface area contributed by atoms with E-state index in [1.165, 1.54) is 31.2 Å². The average Bonchev–Trinajstić information content (AvgIpc) is 3.47. The normalized spacial score (nSPS) is 24.7. The third-order valence-electron chi connectivity index (χ3n) is 8.01. The first-order valence-corrected chi connectivity index (χ1v) is 15.0. The molecular formula is C30H29Cl2NO13. The van der Waals surface area contributed by atoms with E-state index in [1.807, 2.05) is 0 Å². The molecule has 5 rings (SSSR count). The number of hydrogen-bond donors (Lipinski definition) is 0. The number of ether oxygens (including phenoxy) is 7. The van der Waals surface area contributed by atoms with E-state index in [4.69, 9.17) is 56.4 Å². The minimum absolute atomic E-state index is 0.122. The molecule has 1 spiro atoms. The van der Waals surface area contributed by atoms with Gasteiger partial charge in [0.05, 0.1) is 18.8 Å². The molecule has 1 amide bonds. The van der Waals surface area contributed by atoms with Crippen LogP contribution in [0.1, 0.15) is 46.5 Å². The molecule has 1 aliphatic carbocycles. The van der Waals surface area contributed by atoms with Gasteiger partial charge in [-0.3, -0.25) is 24.0 Å². The van der Waals surface area contributed by atoms with Crippen molar-refractivity contribution in [2.75, 3.05) is 39.6 Å². The van der Waals surface area contributed by atoms with Gasteiger partial charge in [-0.05, 0) is 43.0 Å². The Balaban J connectivity index is 1.86. The minimum Gasteiger partial charge on any atom is -0.497 e. The van der Waals surface area contributed by atoms with Crippen molar-refractivity contribution in [3.8, 4) is 11.5 Å².